The van der Waals surface area contributed by atoms with Crippen molar-refractivity contribution in [2.45, 2.75) is 19.4 Å². The van der Waals surface area contributed by atoms with E-state index in [1.807, 2.05) is 6.92 Å². The number of aromatic nitrogens is 1. The number of nitrogens with zero attached hydrogens (tertiary/aromatic N) is 1. The summed E-state index contributed by atoms with van der Waals surface area (Å²) in [6, 6.07) is -0.531. The molecule has 0 saturated carbocycles. The zero-order chi connectivity index (χ0) is 8.97. The Morgan fingerprint density at radius 3 is 3.08 bits per heavy atom. The van der Waals surface area contributed by atoms with Gasteiger partial charge in [0.1, 0.15) is 6.04 Å². The fourth-order valence-electron chi connectivity index (χ4n) is 0.782. The fraction of sp³-hybridized carbons (Fsp3) is 0.429. The molecule has 1 atom stereocenters. The molecular weight excluding hydrogens is 176 g/mol. The highest BCUT2D eigenvalue weighted by atomic mass is 32.1. The van der Waals surface area contributed by atoms with Crippen molar-refractivity contribution in [2.75, 3.05) is 5.32 Å². The highest BCUT2D eigenvalue weighted by molar-refractivity contribution is 7.13. The van der Waals surface area contributed by atoms with Gasteiger partial charge in [-0.25, -0.2) is 9.78 Å². The predicted molar refractivity (Wildman–Crippen MR) is 47.5 cm³/mol. The molecule has 0 aromatic carbocycles. The van der Waals surface area contributed by atoms with Crippen LogP contribution in [0.2, 0.25) is 0 Å². The quantitative estimate of drug-likeness (QED) is 0.746. The normalized spacial score (nSPS) is 12.4. The van der Waals surface area contributed by atoms with E-state index in [9.17, 15) is 4.79 Å². The number of thiazole rings is 1. The van der Waals surface area contributed by atoms with Crippen LogP contribution in [0.15, 0.2) is 11.6 Å². The van der Waals surface area contributed by atoms with Gasteiger partial charge in [-0.2, -0.15) is 0 Å². The van der Waals surface area contributed by atoms with Gasteiger partial charge in [-0.15, -0.1) is 11.3 Å². The molecule has 0 fully saturated rings. The summed E-state index contributed by atoms with van der Waals surface area (Å²) in [6.07, 6.45) is 2.19. The Hall–Kier alpha value is -1.10. The Morgan fingerprint density at radius 2 is 2.67 bits per heavy atom. The summed E-state index contributed by atoms with van der Waals surface area (Å²) in [7, 11) is 0. The lowest BCUT2D eigenvalue weighted by Crippen LogP contribution is -2.28. The van der Waals surface area contributed by atoms with E-state index in [0.717, 1.165) is 0 Å². The Balaban J connectivity index is 2.54. The topological polar surface area (TPSA) is 62.2 Å². The van der Waals surface area contributed by atoms with Crippen molar-refractivity contribution < 1.29 is 9.90 Å². The zero-order valence-electron chi connectivity index (χ0n) is 6.65. The van der Waals surface area contributed by atoms with E-state index in [1.54, 1.807) is 11.6 Å². The van der Waals surface area contributed by atoms with Crippen LogP contribution >= 0.6 is 11.3 Å². The number of hydrogen-bond donors (Lipinski definition) is 2. The average Bonchev–Trinajstić information content (AvgIpc) is 2.51. The van der Waals surface area contributed by atoms with Gasteiger partial charge in [0.2, 0.25) is 0 Å². The molecule has 0 saturated heterocycles. The van der Waals surface area contributed by atoms with Crippen LogP contribution in [0.4, 0.5) is 5.13 Å². The Kier molecular flexibility index (Phi) is 3.04. The number of rotatable bonds is 4. The molecule has 12 heavy (non-hydrogen) atoms. The Bertz CT molecular complexity index is 248. The van der Waals surface area contributed by atoms with E-state index in [2.05, 4.69) is 10.3 Å². The van der Waals surface area contributed by atoms with Crippen molar-refractivity contribution in [2.24, 2.45) is 0 Å². The molecule has 4 nitrogen and oxygen atoms in total. The minimum atomic E-state index is -0.840. The summed E-state index contributed by atoms with van der Waals surface area (Å²) in [5.74, 6) is -0.840. The standard InChI is InChI=1S/C7H10N2O2S/c1-2-5(6(10)11)9-7-8-3-4-12-7/h3-5H,2H2,1H3,(H,8,9)(H,10,11). The van der Waals surface area contributed by atoms with Crippen LogP contribution in [-0.2, 0) is 4.79 Å². The molecule has 0 spiro atoms. The molecule has 1 rings (SSSR count). The molecule has 0 radical (unpaired) electrons. The smallest absolute Gasteiger partial charge is 0.326 e. The second-order valence-electron chi connectivity index (χ2n) is 2.28. The van der Waals surface area contributed by atoms with Gasteiger partial charge in [-0.3, -0.25) is 0 Å². The van der Waals surface area contributed by atoms with Crippen molar-refractivity contribution in [1.29, 1.82) is 0 Å². The monoisotopic (exact) mass is 186 g/mol. The lowest BCUT2D eigenvalue weighted by Gasteiger charge is -2.09. The van der Waals surface area contributed by atoms with Crippen LogP contribution in [0.3, 0.4) is 0 Å². The number of carbonyl (C=O) groups is 1. The van der Waals surface area contributed by atoms with Crippen LogP contribution in [0, 0.1) is 0 Å². The summed E-state index contributed by atoms with van der Waals surface area (Å²) in [5, 5.41) is 14.0. The molecule has 1 unspecified atom stereocenters. The molecule has 0 aliphatic heterocycles. The van der Waals surface area contributed by atoms with Crippen LogP contribution in [0.5, 0.6) is 0 Å². The SMILES string of the molecule is CCC(Nc1nccs1)C(=O)O. The molecule has 66 valence electrons. The molecule has 1 aromatic rings. The second kappa shape index (κ2) is 4.06. The van der Waals surface area contributed by atoms with E-state index in [4.69, 9.17) is 5.11 Å². The third-order valence-corrected chi connectivity index (χ3v) is 2.14. The molecular formula is C7H10N2O2S. The molecule has 1 aromatic heterocycles. The summed E-state index contributed by atoms with van der Waals surface area (Å²) < 4.78 is 0. The number of anilines is 1. The summed E-state index contributed by atoms with van der Waals surface area (Å²) >= 11 is 1.40. The molecule has 0 amide bonds. The fourth-order valence-corrected chi connectivity index (χ4v) is 1.36. The first-order chi connectivity index (χ1) is 5.74. The zero-order valence-corrected chi connectivity index (χ0v) is 7.47. The summed E-state index contributed by atoms with van der Waals surface area (Å²) in [5.41, 5.74) is 0. The number of carboxylic acid groups (broad SMARTS) is 1. The first kappa shape index (κ1) is 8.99. The number of aliphatic carboxylic acids is 1. The Labute approximate surface area is 74.3 Å². The molecule has 1 heterocycles. The van der Waals surface area contributed by atoms with E-state index in [1.165, 1.54) is 11.3 Å². The van der Waals surface area contributed by atoms with Crippen LogP contribution in [0.1, 0.15) is 13.3 Å². The number of carboxylic acids is 1. The van der Waals surface area contributed by atoms with Gasteiger partial charge in [-0.05, 0) is 6.42 Å². The summed E-state index contributed by atoms with van der Waals surface area (Å²) in [4.78, 5) is 14.5. The van der Waals surface area contributed by atoms with E-state index < -0.39 is 12.0 Å². The van der Waals surface area contributed by atoms with Crippen molar-refractivity contribution in [3.63, 3.8) is 0 Å². The third-order valence-electron chi connectivity index (χ3n) is 1.44. The van der Waals surface area contributed by atoms with Gasteiger partial charge in [0.25, 0.3) is 0 Å². The molecule has 0 aliphatic rings. The van der Waals surface area contributed by atoms with E-state index in [-0.39, 0.29) is 0 Å². The largest absolute Gasteiger partial charge is 0.480 e. The average molecular weight is 186 g/mol. The minimum absolute atomic E-state index is 0.531. The van der Waals surface area contributed by atoms with Crippen molar-refractivity contribution >= 4 is 22.4 Å². The maximum absolute atomic E-state index is 10.6. The molecule has 2 N–H and O–H groups in total. The highest BCUT2D eigenvalue weighted by Crippen LogP contribution is 2.12. The van der Waals surface area contributed by atoms with Crippen molar-refractivity contribution in [3.8, 4) is 0 Å². The molecule has 5 heteroatoms. The van der Waals surface area contributed by atoms with Gasteiger partial charge in [-0.1, -0.05) is 6.92 Å². The molecule has 0 aliphatic carbocycles. The van der Waals surface area contributed by atoms with Gasteiger partial charge >= 0.3 is 5.97 Å². The van der Waals surface area contributed by atoms with E-state index in [0.29, 0.717) is 11.6 Å². The highest BCUT2D eigenvalue weighted by Gasteiger charge is 2.14. The van der Waals surface area contributed by atoms with Gasteiger partial charge < -0.3 is 10.4 Å². The van der Waals surface area contributed by atoms with E-state index >= 15 is 0 Å². The number of nitrogens with one attached hydrogen (secondary N) is 1. The lowest BCUT2D eigenvalue weighted by molar-refractivity contribution is -0.137. The summed E-state index contributed by atoms with van der Waals surface area (Å²) in [6.45, 7) is 1.82. The van der Waals surface area contributed by atoms with Crippen molar-refractivity contribution in [3.05, 3.63) is 11.6 Å². The van der Waals surface area contributed by atoms with Crippen molar-refractivity contribution in [1.82, 2.24) is 4.98 Å². The van der Waals surface area contributed by atoms with Gasteiger partial charge in [0, 0.05) is 11.6 Å². The first-order valence-electron chi connectivity index (χ1n) is 3.63. The first-order valence-corrected chi connectivity index (χ1v) is 4.51. The minimum Gasteiger partial charge on any atom is -0.480 e. The predicted octanol–water partition coefficient (Wildman–Crippen LogP) is 1.42. The molecule has 0 bridgehead atoms. The van der Waals surface area contributed by atoms with Crippen LogP contribution in [-0.4, -0.2) is 22.1 Å². The third kappa shape index (κ3) is 2.20. The second-order valence-corrected chi connectivity index (χ2v) is 3.18. The lowest BCUT2D eigenvalue weighted by atomic mass is 10.2. The Morgan fingerprint density at radius 1 is 1.92 bits per heavy atom. The van der Waals surface area contributed by atoms with Crippen LogP contribution in [0.25, 0.3) is 0 Å². The van der Waals surface area contributed by atoms with Gasteiger partial charge in [0.05, 0.1) is 0 Å². The maximum Gasteiger partial charge on any atom is 0.326 e. The maximum atomic E-state index is 10.6. The number of hydrogen-bond acceptors (Lipinski definition) is 4. The van der Waals surface area contributed by atoms with Gasteiger partial charge in [0.15, 0.2) is 5.13 Å². The van der Waals surface area contributed by atoms with Crippen LogP contribution < -0.4 is 5.32 Å².